The van der Waals surface area contributed by atoms with Crippen molar-refractivity contribution in [3.63, 3.8) is 0 Å². The Labute approximate surface area is 189 Å². The highest BCUT2D eigenvalue weighted by Gasteiger charge is 2.23. The van der Waals surface area contributed by atoms with Crippen LogP contribution in [0.15, 0.2) is 59.5 Å². The molecule has 3 heterocycles. The van der Waals surface area contributed by atoms with Gasteiger partial charge in [-0.3, -0.25) is 19.3 Å². The van der Waals surface area contributed by atoms with Crippen LogP contribution >= 0.6 is 11.6 Å². The maximum atomic E-state index is 12.8. The van der Waals surface area contributed by atoms with Crippen LogP contribution in [0.25, 0.3) is 27.7 Å². The molecule has 0 atom stereocenters. The fourth-order valence-corrected chi connectivity index (χ4v) is 4.24. The van der Waals surface area contributed by atoms with Gasteiger partial charge in [-0.05, 0) is 42.8 Å². The second kappa shape index (κ2) is 8.26. The first kappa shape index (κ1) is 20.5. The van der Waals surface area contributed by atoms with Crippen molar-refractivity contribution in [2.24, 2.45) is 0 Å². The van der Waals surface area contributed by atoms with E-state index >= 15 is 0 Å². The number of fused-ring (bicyclic) bond motifs is 1. The summed E-state index contributed by atoms with van der Waals surface area (Å²) in [6.45, 7) is 4.00. The first-order chi connectivity index (χ1) is 15.5. The zero-order valence-electron chi connectivity index (χ0n) is 17.5. The van der Waals surface area contributed by atoms with Crippen molar-refractivity contribution in [2.45, 2.75) is 6.92 Å². The molecule has 162 valence electrons. The van der Waals surface area contributed by atoms with Gasteiger partial charge in [0.1, 0.15) is 0 Å². The number of rotatable bonds is 3. The number of halogens is 1. The number of hydrogen-bond donors (Lipinski definition) is 1. The van der Waals surface area contributed by atoms with Crippen LogP contribution in [0, 0.1) is 6.92 Å². The molecule has 1 fully saturated rings. The van der Waals surface area contributed by atoms with E-state index in [-0.39, 0.29) is 11.5 Å². The van der Waals surface area contributed by atoms with Crippen LogP contribution in [-0.2, 0) is 4.74 Å². The van der Waals surface area contributed by atoms with E-state index in [1.54, 1.807) is 34.7 Å². The average Bonchev–Trinajstić information content (AvgIpc) is 3.24. The molecule has 7 nitrogen and oxygen atoms in total. The molecule has 0 unspecified atom stereocenters. The largest absolute Gasteiger partial charge is 0.378 e. The summed E-state index contributed by atoms with van der Waals surface area (Å²) >= 11 is 6.60. The summed E-state index contributed by atoms with van der Waals surface area (Å²) < 4.78 is 6.90. The summed E-state index contributed by atoms with van der Waals surface area (Å²) in [4.78, 5) is 27.0. The zero-order valence-corrected chi connectivity index (χ0v) is 18.2. The number of nitrogens with zero attached hydrogens (tertiary/aromatic N) is 3. The number of nitrogens with one attached hydrogen (secondary N) is 1. The van der Waals surface area contributed by atoms with Gasteiger partial charge in [0.05, 0.1) is 29.4 Å². The van der Waals surface area contributed by atoms with Crippen LogP contribution in [0.5, 0.6) is 0 Å². The molecule has 1 amide bonds. The van der Waals surface area contributed by atoms with Crippen LogP contribution in [-0.4, -0.2) is 51.9 Å². The summed E-state index contributed by atoms with van der Waals surface area (Å²) in [5, 5.41) is 8.54. The monoisotopic (exact) mass is 448 g/mol. The number of aryl methyl sites for hydroxylation is 1. The molecule has 0 saturated carbocycles. The van der Waals surface area contributed by atoms with Gasteiger partial charge in [-0.25, -0.2) is 0 Å². The summed E-state index contributed by atoms with van der Waals surface area (Å²) in [7, 11) is 0. The number of H-pyrrole nitrogens is 1. The van der Waals surface area contributed by atoms with Gasteiger partial charge in [0.2, 0.25) is 0 Å². The van der Waals surface area contributed by atoms with Gasteiger partial charge in [0.25, 0.3) is 11.5 Å². The second-order valence-electron chi connectivity index (χ2n) is 7.77. The Balaban J connectivity index is 1.48. The molecule has 4 aromatic rings. The maximum Gasteiger partial charge on any atom is 0.275 e. The molecule has 32 heavy (non-hydrogen) atoms. The maximum absolute atomic E-state index is 12.8. The van der Waals surface area contributed by atoms with E-state index in [4.69, 9.17) is 16.3 Å². The second-order valence-corrected chi connectivity index (χ2v) is 8.17. The van der Waals surface area contributed by atoms with Crippen LogP contribution in [0.1, 0.15) is 16.1 Å². The van der Waals surface area contributed by atoms with Crippen molar-refractivity contribution in [3.8, 4) is 16.8 Å². The van der Waals surface area contributed by atoms with Crippen LogP contribution < -0.4 is 5.56 Å². The lowest BCUT2D eigenvalue weighted by Gasteiger charge is -2.26. The zero-order chi connectivity index (χ0) is 22.2. The Hall–Kier alpha value is -3.42. The Kier molecular flexibility index (Phi) is 5.28. The highest BCUT2D eigenvalue weighted by Crippen LogP contribution is 2.32. The number of benzene rings is 2. The van der Waals surface area contributed by atoms with Gasteiger partial charge in [0.15, 0.2) is 5.69 Å². The molecular weight excluding hydrogens is 428 g/mol. The lowest BCUT2D eigenvalue weighted by atomic mass is 10.0. The number of ether oxygens (including phenoxy) is 1. The third-order valence-corrected chi connectivity index (χ3v) is 6.06. The van der Waals surface area contributed by atoms with Gasteiger partial charge < -0.3 is 9.64 Å². The smallest absolute Gasteiger partial charge is 0.275 e. The molecule has 0 bridgehead atoms. The Morgan fingerprint density at radius 1 is 1.12 bits per heavy atom. The van der Waals surface area contributed by atoms with E-state index in [1.165, 1.54) is 0 Å². The van der Waals surface area contributed by atoms with Crippen molar-refractivity contribution in [1.29, 1.82) is 0 Å². The number of morpholine rings is 1. The summed E-state index contributed by atoms with van der Waals surface area (Å²) in [5.74, 6) is -0.0988. The number of pyridine rings is 1. The average molecular weight is 449 g/mol. The standard InChI is InChI=1S/C24H21ClN4O3/c1-15-3-2-8-29(23(15)30)17-5-7-18(20(25)14-17)16-4-6-19-21(13-16)26-27-22(19)24(31)28-9-11-32-12-10-28/h2-8,13-14H,9-12H2,1H3,(H,26,27). The van der Waals surface area contributed by atoms with E-state index < -0.39 is 0 Å². The molecule has 8 heteroatoms. The SMILES string of the molecule is Cc1cccn(-c2ccc(-c3ccc4c(C(=O)N5CCOCC5)n[nH]c4c3)c(Cl)c2)c1=O. The molecule has 5 rings (SSSR count). The minimum Gasteiger partial charge on any atom is -0.378 e. The molecule has 1 aliphatic rings. The summed E-state index contributed by atoms with van der Waals surface area (Å²) in [6, 6.07) is 14.9. The summed E-state index contributed by atoms with van der Waals surface area (Å²) in [5.41, 5.74) is 4.18. The van der Waals surface area contributed by atoms with Crippen LogP contribution in [0.3, 0.4) is 0 Å². The molecule has 2 aromatic heterocycles. The molecule has 0 aliphatic carbocycles. The summed E-state index contributed by atoms with van der Waals surface area (Å²) in [6.07, 6.45) is 1.73. The molecule has 0 radical (unpaired) electrons. The van der Waals surface area contributed by atoms with Gasteiger partial charge in [0, 0.05) is 35.8 Å². The van der Waals surface area contributed by atoms with E-state index in [0.29, 0.717) is 48.3 Å². The third kappa shape index (κ3) is 3.59. The third-order valence-electron chi connectivity index (χ3n) is 5.74. The van der Waals surface area contributed by atoms with E-state index in [2.05, 4.69) is 10.2 Å². The number of carbonyl (C=O) groups excluding carboxylic acids is 1. The highest BCUT2D eigenvalue weighted by atomic mass is 35.5. The number of hydrogen-bond acceptors (Lipinski definition) is 4. The first-order valence-corrected chi connectivity index (χ1v) is 10.7. The van der Waals surface area contributed by atoms with Gasteiger partial charge in [-0.15, -0.1) is 0 Å². The minimum absolute atomic E-state index is 0.0762. The van der Waals surface area contributed by atoms with E-state index in [9.17, 15) is 9.59 Å². The van der Waals surface area contributed by atoms with Gasteiger partial charge in [-0.2, -0.15) is 5.10 Å². The molecular formula is C24H21ClN4O3. The quantitative estimate of drug-likeness (QED) is 0.516. The first-order valence-electron chi connectivity index (χ1n) is 10.4. The van der Waals surface area contributed by atoms with Crippen LogP contribution in [0.4, 0.5) is 0 Å². The molecule has 2 aromatic carbocycles. The van der Waals surface area contributed by atoms with Crippen molar-refractivity contribution in [1.82, 2.24) is 19.7 Å². The Bertz CT molecular complexity index is 1390. The number of carbonyl (C=O) groups is 1. The van der Waals surface area contributed by atoms with Crippen LogP contribution in [0.2, 0.25) is 5.02 Å². The topological polar surface area (TPSA) is 80.2 Å². The number of aromatic amines is 1. The predicted molar refractivity (Wildman–Crippen MR) is 124 cm³/mol. The van der Waals surface area contributed by atoms with E-state index in [1.807, 2.05) is 36.4 Å². The van der Waals surface area contributed by atoms with Crippen molar-refractivity contribution in [2.75, 3.05) is 26.3 Å². The lowest BCUT2D eigenvalue weighted by Crippen LogP contribution is -2.40. The lowest BCUT2D eigenvalue weighted by molar-refractivity contribution is 0.0300. The van der Waals surface area contributed by atoms with Gasteiger partial charge >= 0.3 is 0 Å². The van der Waals surface area contributed by atoms with Crippen molar-refractivity contribution >= 4 is 28.4 Å². The number of aromatic nitrogens is 3. The predicted octanol–water partition coefficient (Wildman–Crippen LogP) is 3.82. The normalized spacial score (nSPS) is 14.1. The fourth-order valence-electron chi connectivity index (χ4n) is 3.96. The van der Waals surface area contributed by atoms with Gasteiger partial charge in [-0.1, -0.05) is 29.8 Å². The Morgan fingerprint density at radius 2 is 1.94 bits per heavy atom. The Morgan fingerprint density at radius 3 is 2.72 bits per heavy atom. The van der Waals surface area contributed by atoms with Crippen molar-refractivity contribution in [3.05, 3.63) is 81.4 Å². The highest BCUT2D eigenvalue weighted by molar-refractivity contribution is 6.33. The number of amides is 1. The molecule has 0 spiro atoms. The molecule has 1 N–H and O–H groups in total. The minimum atomic E-state index is -0.0988. The van der Waals surface area contributed by atoms with E-state index in [0.717, 1.165) is 22.0 Å². The fraction of sp³-hybridized carbons (Fsp3) is 0.208. The van der Waals surface area contributed by atoms with Crippen molar-refractivity contribution < 1.29 is 9.53 Å². The molecule has 1 aliphatic heterocycles. The molecule has 1 saturated heterocycles.